The van der Waals surface area contributed by atoms with Gasteiger partial charge in [0.15, 0.2) is 5.78 Å². The van der Waals surface area contributed by atoms with Crippen LogP contribution >= 0.6 is 0 Å². The fraction of sp³-hybridized carbons (Fsp3) is 0.375. The molecule has 3 rings (SSSR count). The van der Waals surface area contributed by atoms with Crippen molar-refractivity contribution in [1.82, 2.24) is 14.7 Å². The van der Waals surface area contributed by atoms with E-state index in [2.05, 4.69) is 4.90 Å². The number of amides is 2. The molecule has 0 aliphatic carbocycles. The Labute approximate surface area is 178 Å². The maximum Gasteiger partial charge on any atom is 0.254 e. The lowest BCUT2D eigenvalue weighted by Gasteiger charge is -2.35. The highest BCUT2D eigenvalue weighted by Crippen LogP contribution is 2.18. The van der Waals surface area contributed by atoms with Crippen molar-refractivity contribution in [2.75, 3.05) is 45.8 Å². The quantitative estimate of drug-likeness (QED) is 0.662. The van der Waals surface area contributed by atoms with Gasteiger partial charge in [0.1, 0.15) is 0 Å². The molecule has 0 spiro atoms. The van der Waals surface area contributed by atoms with Gasteiger partial charge in [-0.1, -0.05) is 48.5 Å². The van der Waals surface area contributed by atoms with Crippen molar-refractivity contribution in [3.8, 4) is 0 Å². The van der Waals surface area contributed by atoms with Crippen molar-refractivity contribution in [1.29, 1.82) is 0 Å². The fourth-order valence-corrected chi connectivity index (χ4v) is 3.76. The molecule has 0 atom stereocenters. The van der Waals surface area contributed by atoms with Crippen LogP contribution in [0.5, 0.6) is 0 Å². The number of carbonyl (C=O) groups is 3. The third-order valence-corrected chi connectivity index (χ3v) is 5.57. The molecule has 2 aromatic carbocycles. The summed E-state index contributed by atoms with van der Waals surface area (Å²) in [4.78, 5) is 44.1. The lowest BCUT2D eigenvalue weighted by molar-refractivity contribution is -0.132. The minimum atomic E-state index is -0.150. The van der Waals surface area contributed by atoms with Crippen LogP contribution in [0.3, 0.4) is 0 Å². The molecule has 0 bridgehead atoms. The first kappa shape index (κ1) is 21.7. The summed E-state index contributed by atoms with van der Waals surface area (Å²) in [5, 5.41) is 0. The molecule has 0 aromatic heterocycles. The number of hydrogen-bond donors (Lipinski definition) is 0. The molecule has 1 heterocycles. The van der Waals surface area contributed by atoms with Crippen LogP contribution in [0.25, 0.3) is 0 Å². The Bertz CT molecular complexity index is 886. The summed E-state index contributed by atoms with van der Waals surface area (Å²) in [6.07, 6.45) is 0. The van der Waals surface area contributed by atoms with E-state index in [-0.39, 0.29) is 17.6 Å². The van der Waals surface area contributed by atoms with Crippen molar-refractivity contribution >= 4 is 17.6 Å². The molecule has 2 amide bonds. The smallest absolute Gasteiger partial charge is 0.254 e. The highest BCUT2D eigenvalue weighted by molar-refractivity contribution is 6.15. The third-order valence-electron chi connectivity index (χ3n) is 5.57. The molecule has 6 heteroatoms. The summed E-state index contributed by atoms with van der Waals surface area (Å²) in [6, 6.07) is 16.0. The van der Waals surface area contributed by atoms with E-state index < -0.39 is 0 Å². The summed E-state index contributed by atoms with van der Waals surface area (Å²) in [7, 11) is 0. The molecule has 1 aliphatic rings. The molecule has 1 aliphatic heterocycles. The summed E-state index contributed by atoms with van der Waals surface area (Å²) in [5.74, 6) is -0.161. The lowest BCUT2D eigenvalue weighted by atomic mass is 9.97. The molecule has 1 fully saturated rings. The fourth-order valence-electron chi connectivity index (χ4n) is 3.76. The largest absolute Gasteiger partial charge is 0.342 e. The molecule has 0 saturated carbocycles. The van der Waals surface area contributed by atoms with Crippen molar-refractivity contribution in [3.05, 3.63) is 71.3 Å². The first-order valence-corrected chi connectivity index (χ1v) is 10.5. The second-order valence-electron chi connectivity index (χ2n) is 7.38. The molecule has 30 heavy (non-hydrogen) atoms. The predicted octanol–water partition coefficient (Wildman–Crippen LogP) is 2.54. The number of carbonyl (C=O) groups excluding carboxylic acids is 3. The summed E-state index contributed by atoms with van der Waals surface area (Å²) < 4.78 is 0. The molecule has 1 saturated heterocycles. The Morgan fingerprint density at radius 2 is 1.37 bits per heavy atom. The van der Waals surface area contributed by atoms with Gasteiger partial charge in [-0.2, -0.15) is 0 Å². The van der Waals surface area contributed by atoms with Crippen molar-refractivity contribution in [2.24, 2.45) is 0 Å². The van der Waals surface area contributed by atoms with Gasteiger partial charge < -0.3 is 9.80 Å². The monoisotopic (exact) mass is 407 g/mol. The maximum absolute atomic E-state index is 13.2. The number of rotatable bonds is 7. The lowest BCUT2D eigenvalue weighted by Crippen LogP contribution is -2.51. The molecule has 158 valence electrons. The minimum Gasteiger partial charge on any atom is -0.342 e. The predicted molar refractivity (Wildman–Crippen MR) is 117 cm³/mol. The average molecular weight is 408 g/mol. The number of benzene rings is 2. The van der Waals surface area contributed by atoms with Crippen molar-refractivity contribution < 1.29 is 14.4 Å². The number of piperazine rings is 1. The van der Waals surface area contributed by atoms with Gasteiger partial charge in [-0.25, -0.2) is 0 Å². The van der Waals surface area contributed by atoms with E-state index in [0.717, 1.165) is 0 Å². The van der Waals surface area contributed by atoms with Gasteiger partial charge >= 0.3 is 0 Å². The molecule has 2 aromatic rings. The van der Waals surface area contributed by atoms with Gasteiger partial charge in [0.05, 0.1) is 12.1 Å². The number of likely N-dealkylation sites (N-methyl/N-ethyl adjacent to an activating group) is 1. The second kappa shape index (κ2) is 10.2. The van der Waals surface area contributed by atoms with Crippen LogP contribution in [0.15, 0.2) is 54.6 Å². The second-order valence-corrected chi connectivity index (χ2v) is 7.38. The van der Waals surface area contributed by atoms with Gasteiger partial charge in [0.25, 0.3) is 5.91 Å². The van der Waals surface area contributed by atoms with E-state index in [9.17, 15) is 14.4 Å². The highest BCUT2D eigenvalue weighted by Gasteiger charge is 2.27. The average Bonchev–Trinajstić information content (AvgIpc) is 2.80. The molecule has 6 nitrogen and oxygen atoms in total. The number of nitrogens with zero attached hydrogens (tertiary/aromatic N) is 3. The molecular weight excluding hydrogens is 378 g/mol. The molecule has 0 N–H and O–H groups in total. The van der Waals surface area contributed by atoms with E-state index in [0.29, 0.717) is 62.5 Å². The first-order chi connectivity index (χ1) is 14.5. The van der Waals surface area contributed by atoms with E-state index in [1.165, 1.54) is 0 Å². The summed E-state index contributed by atoms with van der Waals surface area (Å²) in [6.45, 7) is 8.13. The SMILES string of the molecule is CCN(CC)C(=O)CN1CCN(C(=O)c2ccccc2C(=O)c2ccccc2)CC1. The van der Waals surface area contributed by atoms with Crippen LogP contribution in [0.2, 0.25) is 0 Å². The maximum atomic E-state index is 13.2. The van der Waals surface area contributed by atoms with E-state index in [1.54, 1.807) is 41.3 Å². The van der Waals surface area contributed by atoms with Crippen molar-refractivity contribution in [3.63, 3.8) is 0 Å². The van der Waals surface area contributed by atoms with E-state index in [4.69, 9.17) is 0 Å². The first-order valence-electron chi connectivity index (χ1n) is 10.5. The minimum absolute atomic E-state index is 0.124. The third kappa shape index (κ3) is 4.94. The van der Waals surface area contributed by atoms with Crippen LogP contribution in [-0.4, -0.2) is 78.1 Å². The Kier molecular flexibility index (Phi) is 7.36. The Morgan fingerprint density at radius 3 is 1.97 bits per heavy atom. The van der Waals surface area contributed by atoms with Crippen LogP contribution in [0, 0.1) is 0 Å². The summed E-state index contributed by atoms with van der Waals surface area (Å²) >= 11 is 0. The van der Waals surface area contributed by atoms with Gasteiger partial charge in [-0.05, 0) is 19.9 Å². The zero-order valence-corrected chi connectivity index (χ0v) is 17.7. The van der Waals surface area contributed by atoms with Crippen LogP contribution < -0.4 is 0 Å². The molecule has 0 radical (unpaired) electrons. The van der Waals surface area contributed by atoms with Crippen LogP contribution in [0.4, 0.5) is 0 Å². The number of ketones is 1. The number of hydrogen-bond acceptors (Lipinski definition) is 4. The van der Waals surface area contributed by atoms with Crippen molar-refractivity contribution in [2.45, 2.75) is 13.8 Å². The standard InChI is InChI=1S/C24H29N3O3/c1-3-26(4-2)22(28)18-25-14-16-27(17-15-25)24(30)21-13-9-8-12-20(21)23(29)19-10-6-5-7-11-19/h5-13H,3-4,14-18H2,1-2H3. The van der Waals surface area contributed by atoms with Gasteiger partial charge in [-0.3, -0.25) is 19.3 Å². The molecule has 0 unspecified atom stereocenters. The van der Waals surface area contributed by atoms with Gasteiger partial charge in [0.2, 0.25) is 5.91 Å². The highest BCUT2D eigenvalue weighted by atomic mass is 16.2. The van der Waals surface area contributed by atoms with Gasteiger partial charge in [0, 0.05) is 50.4 Å². The van der Waals surface area contributed by atoms with Gasteiger partial charge in [-0.15, -0.1) is 0 Å². The van der Waals surface area contributed by atoms with Crippen LogP contribution in [0.1, 0.15) is 40.1 Å². The Hall–Kier alpha value is -2.99. The Balaban J connectivity index is 1.66. The summed E-state index contributed by atoms with van der Waals surface area (Å²) in [5.41, 5.74) is 1.42. The topological polar surface area (TPSA) is 60.9 Å². The van der Waals surface area contributed by atoms with Crippen LogP contribution in [-0.2, 0) is 4.79 Å². The Morgan fingerprint density at radius 1 is 0.800 bits per heavy atom. The molecular formula is C24H29N3O3. The van der Waals surface area contributed by atoms with E-state index >= 15 is 0 Å². The normalized spacial score (nSPS) is 14.4. The zero-order valence-electron chi connectivity index (χ0n) is 17.7. The zero-order chi connectivity index (χ0) is 21.5. The van der Waals surface area contributed by atoms with E-state index in [1.807, 2.05) is 36.9 Å².